The van der Waals surface area contributed by atoms with Crippen LogP contribution < -0.4 is 10.6 Å². The van der Waals surface area contributed by atoms with E-state index >= 15 is 0 Å². The molecule has 0 heterocycles. The Balaban J connectivity index is 2.31. The summed E-state index contributed by atoms with van der Waals surface area (Å²) in [7, 11) is 0. The highest BCUT2D eigenvalue weighted by Gasteiger charge is 2.12. The zero-order valence-corrected chi connectivity index (χ0v) is 11.8. The lowest BCUT2D eigenvalue weighted by molar-refractivity contribution is -0.136. The molecule has 0 aromatic heterocycles. The number of unbranched alkanes of at least 4 members (excludes halogenated alkanes) is 2. The zero-order valence-electron chi connectivity index (χ0n) is 11.8. The van der Waals surface area contributed by atoms with Crippen LogP contribution in [0, 0.1) is 0 Å². The van der Waals surface area contributed by atoms with Gasteiger partial charge in [-0.15, -0.1) is 0 Å². The molecule has 5 heteroatoms. The monoisotopic (exact) mass is 278 g/mol. The third kappa shape index (κ3) is 5.84. The van der Waals surface area contributed by atoms with Gasteiger partial charge in [-0.05, 0) is 43.4 Å². The molecule has 0 aliphatic rings. The van der Waals surface area contributed by atoms with E-state index in [4.69, 9.17) is 5.11 Å². The average Bonchev–Trinajstić information content (AvgIpc) is 2.47. The molecule has 0 aliphatic carbocycles. The molecule has 1 aromatic rings. The van der Waals surface area contributed by atoms with Gasteiger partial charge in [0.2, 0.25) is 0 Å². The fourth-order valence-corrected chi connectivity index (χ4v) is 1.71. The lowest BCUT2D eigenvalue weighted by Gasteiger charge is -2.07. The molecule has 5 nitrogen and oxygen atoms in total. The first-order valence-electron chi connectivity index (χ1n) is 6.96. The number of amides is 2. The van der Waals surface area contributed by atoms with Gasteiger partial charge in [-0.25, -0.2) is 0 Å². The first kappa shape index (κ1) is 16.2. The normalized spacial score (nSPS) is 10.1. The smallest absolute Gasteiger partial charge is 0.313 e. The second-order valence-electron chi connectivity index (χ2n) is 4.54. The van der Waals surface area contributed by atoms with Crippen LogP contribution in [0.15, 0.2) is 24.3 Å². The van der Waals surface area contributed by atoms with Crippen LogP contribution in [-0.2, 0) is 16.0 Å². The van der Waals surface area contributed by atoms with E-state index in [1.807, 2.05) is 12.1 Å². The summed E-state index contributed by atoms with van der Waals surface area (Å²) in [6.45, 7) is 2.65. The first-order chi connectivity index (χ1) is 9.67. The Labute approximate surface area is 119 Å². The van der Waals surface area contributed by atoms with Crippen LogP contribution in [0.2, 0.25) is 0 Å². The highest BCUT2D eigenvalue weighted by molar-refractivity contribution is 6.39. The lowest BCUT2D eigenvalue weighted by Crippen LogP contribution is -2.35. The number of rotatable bonds is 7. The number of nitrogens with one attached hydrogen (secondary N) is 2. The largest absolute Gasteiger partial charge is 0.396 e. The molecular weight excluding hydrogens is 256 g/mol. The number of carbonyl (C=O) groups is 2. The van der Waals surface area contributed by atoms with Crippen LogP contribution >= 0.6 is 0 Å². The second kappa shape index (κ2) is 9.09. The topological polar surface area (TPSA) is 78.4 Å². The van der Waals surface area contributed by atoms with Gasteiger partial charge in [-0.3, -0.25) is 9.59 Å². The highest BCUT2D eigenvalue weighted by atomic mass is 16.3. The Morgan fingerprint density at radius 2 is 1.75 bits per heavy atom. The maximum absolute atomic E-state index is 11.6. The molecule has 0 saturated carbocycles. The van der Waals surface area contributed by atoms with E-state index in [1.54, 1.807) is 12.1 Å². The Bertz CT molecular complexity index is 429. The maximum atomic E-state index is 11.6. The van der Waals surface area contributed by atoms with Gasteiger partial charge in [0.1, 0.15) is 0 Å². The number of aryl methyl sites for hydroxylation is 1. The van der Waals surface area contributed by atoms with Crippen molar-refractivity contribution in [2.75, 3.05) is 18.5 Å². The molecule has 0 aliphatic heterocycles. The van der Waals surface area contributed by atoms with E-state index in [9.17, 15) is 9.59 Å². The number of aliphatic hydroxyl groups excluding tert-OH is 1. The summed E-state index contributed by atoms with van der Waals surface area (Å²) in [4.78, 5) is 23.2. The fourth-order valence-electron chi connectivity index (χ4n) is 1.71. The standard InChI is InChI=1S/C15H22N2O3/c1-2-12-6-8-13(9-7-12)17-15(20)14(19)16-10-4-3-5-11-18/h6-9,18H,2-5,10-11H2,1H3,(H,16,19)(H,17,20). The quantitative estimate of drug-likeness (QED) is 0.522. The number of aliphatic hydroxyl groups is 1. The number of hydrogen-bond acceptors (Lipinski definition) is 3. The fraction of sp³-hybridized carbons (Fsp3) is 0.467. The van der Waals surface area contributed by atoms with Gasteiger partial charge in [0.05, 0.1) is 0 Å². The van der Waals surface area contributed by atoms with Gasteiger partial charge in [-0.1, -0.05) is 19.1 Å². The van der Waals surface area contributed by atoms with Crippen LogP contribution in [0.4, 0.5) is 5.69 Å². The van der Waals surface area contributed by atoms with E-state index in [0.717, 1.165) is 19.3 Å². The summed E-state index contributed by atoms with van der Waals surface area (Å²) in [5.74, 6) is -1.29. The molecule has 1 aromatic carbocycles. The van der Waals surface area contributed by atoms with Crippen molar-refractivity contribution in [3.8, 4) is 0 Å². The molecule has 3 N–H and O–H groups in total. The van der Waals surface area contributed by atoms with Crippen molar-refractivity contribution >= 4 is 17.5 Å². The summed E-state index contributed by atoms with van der Waals surface area (Å²) in [5, 5.41) is 13.7. The van der Waals surface area contributed by atoms with E-state index in [-0.39, 0.29) is 6.61 Å². The van der Waals surface area contributed by atoms with Crippen molar-refractivity contribution in [2.45, 2.75) is 32.6 Å². The Morgan fingerprint density at radius 3 is 2.35 bits per heavy atom. The number of hydrogen-bond donors (Lipinski definition) is 3. The van der Waals surface area contributed by atoms with Crippen LogP contribution in [-0.4, -0.2) is 30.1 Å². The Morgan fingerprint density at radius 1 is 1.05 bits per heavy atom. The van der Waals surface area contributed by atoms with Gasteiger partial charge in [0.15, 0.2) is 0 Å². The molecular formula is C15H22N2O3. The Kier molecular flexibility index (Phi) is 7.35. The highest BCUT2D eigenvalue weighted by Crippen LogP contribution is 2.09. The molecule has 0 bridgehead atoms. The predicted octanol–water partition coefficient (Wildman–Crippen LogP) is 1.47. The SMILES string of the molecule is CCc1ccc(NC(=O)C(=O)NCCCCCO)cc1. The van der Waals surface area contributed by atoms with E-state index in [2.05, 4.69) is 17.6 Å². The van der Waals surface area contributed by atoms with Crippen molar-refractivity contribution in [1.29, 1.82) is 0 Å². The third-order valence-electron chi connectivity index (χ3n) is 2.95. The summed E-state index contributed by atoms with van der Waals surface area (Å²) >= 11 is 0. The molecule has 0 atom stereocenters. The van der Waals surface area contributed by atoms with E-state index < -0.39 is 11.8 Å². The molecule has 2 amide bonds. The van der Waals surface area contributed by atoms with E-state index in [1.165, 1.54) is 5.56 Å². The predicted molar refractivity (Wildman–Crippen MR) is 78.4 cm³/mol. The van der Waals surface area contributed by atoms with Gasteiger partial charge < -0.3 is 15.7 Å². The van der Waals surface area contributed by atoms with E-state index in [0.29, 0.717) is 18.7 Å². The minimum Gasteiger partial charge on any atom is -0.396 e. The number of anilines is 1. The van der Waals surface area contributed by atoms with Crippen molar-refractivity contribution in [1.82, 2.24) is 5.32 Å². The minimum atomic E-state index is -0.656. The molecule has 0 radical (unpaired) electrons. The second-order valence-corrected chi connectivity index (χ2v) is 4.54. The van der Waals surface area contributed by atoms with Crippen molar-refractivity contribution < 1.29 is 14.7 Å². The van der Waals surface area contributed by atoms with Gasteiger partial charge in [-0.2, -0.15) is 0 Å². The maximum Gasteiger partial charge on any atom is 0.313 e. The molecule has 110 valence electrons. The molecule has 20 heavy (non-hydrogen) atoms. The molecule has 0 saturated heterocycles. The summed E-state index contributed by atoms with van der Waals surface area (Å²) in [5.41, 5.74) is 1.79. The van der Waals surface area contributed by atoms with Crippen LogP contribution in [0.1, 0.15) is 31.7 Å². The van der Waals surface area contributed by atoms with Gasteiger partial charge >= 0.3 is 11.8 Å². The summed E-state index contributed by atoms with van der Waals surface area (Å²) in [6.07, 6.45) is 3.23. The zero-order chi connectivity index (χ0) is 14.8. The van der Waals surface area contributed by atoms with Gasteiger partial charge in [0, 0.05) is 18.8 Å². The van der Waals surface area contributed by atoms with Crippen LogP contribution in [0.25, 0.3) is 0 Å². The number of carbonyl (C=O) groups excluding carboxylic acids is 2. The van der Waals surface area contributed by atoms with Crippen LogP contribution in [0.5, 0.6) is 0 Å². The Hall–Kier alpha value is -1.88. The van der Waals surface area contributed by atoms with Crippen molar-refractivity contribution in [2.24, 2.45) is 0 Å². The van der Waals surface area contributed by atoms with Crippen LogP contribution in [0.3, 0.4) is 0 Å². The first-order valence-corrected chi connectivity index (χ1v) is 6.96. The average molecular weight is 278 g/mol. The van der Waals surface area contributed by atoms with Gasteiger partial charge in [0.25, 0.3) is 0 Å². The minimum absolute atomic E-state index is 0.155. The molecule has 0 fully saturated rings. The lowest BCUT2D eigenvalue weighted by atomic mass is 10.1. The van der Waals surface area contributed by atoms with Crippen molar-refractivity contribution in [3.63, 3.8) is 0 Å². The number of benzene rings is 1. The molecule has 0 unspecified atom stereocenters. The van der Waals surface area contributed by atoms with Crippen molar-refractivity contribution in [3.05, 3.63) is 29.8 Å². The molecule has 1 rings (SSSR count). The summed E-state index contributed by atoms with van der Waals surface area (Å²) < 4.78 is 0. The third-order valence-corrected chi connectivity index (χ3v) is 2.95. The summed E-state index contributed by atoms with van der Waals surface area (Å²) in [6, 6.07) is 7.40. The molecule has 0 spiro atoms.